The lowest BCUT2D eigenvalue weighted by molar-refractivity contribution is 0.0844. The monoisotopic (exact) mass is 193 g/mol. The zero-order valence-corrected chi connectivity index (χ0v) is 8.40. The highest BCUT2D eigenvalue weighted by Crippen LogP contribution is 2.23. The summed E-state index contributed by atoms with van der Waals surface area (Å²) in [7, 11) is 2.00. The topological polar surface area (TPSA) is 33.5 Å². The zero-order valence-electron chi connectivity index (χ0n) is 8.40. The molecule has 1 aromatic rings. The predicted octanol–water partition coefficient (Wildman–Crippen LogP) is 1.95. The average Bonchev–Trinajstić information content (AvgIpc) is 2.51. The SMILES string of the molecule is CN(CC(=O)c1ccco1)C1CCC1. The minimum absolute atomic E-state index is 0.0735. The van der Waals surface area contributed by atoms with Gasteiger partial charge in [0.2, 0.25) is 5.78 Å². The maximum atomic E-state index is 11.6. The molecule has 3 nitrogen and oxygen atoms in total. The van der Waals surface area contributed by atoms with Crippen LogP contribution in [-0.4, -0.2) is 30.3 Å². The first-order valence-electron chi connectivity index (χ1n) is 5.04. The molecular weight excluding hydrogens is 178 g/mol. The molecule has 0 saturated heterocycles. The fourth-order valence-corrected chi connectivity index (χ4v) is 1.70. The van der Waals surface area contributed by atoms with E-state index in [1.165, 1.54) is 25.5 Å². The third kappa shape index (κ3) is 1.87. The van der Waals surface area contributed by atoms with E-state index in [0.717, 1.165) is 0 Å². The molecule has 1 heterocycles. The van der Waals surface area contributed by atoms with Crippen molar-refractivity contribution < 1.29 is 9.21 Å². The quantitative estimate of drug-likeness (QED) is 0.685. The molecular formula is C11H15NO2. The van der Waals surface area contributed by atoms with Gasteiger partial charge in [0.15, 0.2) is 5.76 Å². The highest BCUT2D eigenvalue weighted by Gasteiger charge is 2.24. The van der Waals surface area contributed by atoms with Gasteiger partial charge in [-0.05, 0) is 32.0 Å². The highest BCUT2D eigenvalue weighted by atomic mass is 16.3. The van der Waals surface area contributed by atoms with E-state index in [2.05, 4.69) is 4.90 Å². The molecule has 0 spiro atoms. The van der Waals surface area contributed by atoms with Gasteiger partial charge in [0.25, 0.3) is 0 Å². The van der Waals surface area contributed by atoms with Crippen LogP contribution in [0.15, 0.2) is 22.8 Å². The summed E-state index contributed by atoms with van der Waals surface area (Å²) in [5, 5.41) is 0. The minimum atomic E-state index is 0.0735. The summed E-state index contributed by atoms with van der Waals surface area (Å²) in [6, 6.07) is 4.07. The first-order valence-corrected chi connectivity index (χ1v) is 5.04. The number of nitrogens with zero attached hydrogens (tertiary/aromatic N) is 1. The number of likely N-dealkylation sites (N-methyl/N-ethyl adjacent to an activating group) is 1. The molecule has 0 N–H and O–H groups in total. The van der Waals surface area contributed by atoms with Gasteiger partial charge in [-0.15, -0.1) is 0 Å². The summed E-state index contributed by atoms with van der Waals surface area (Å²) in [5.74, 6) is 0.542. The van der Waals surface area contributed by atoms with Crippen LogP contribution in [-0.2, 0) is 0 Å². The maximum Gasteiger partial charge on any atom is 0.211 e. The second-order valence-corrected chi connectivity index (χ2v) is 3.90. The van der Waals surface area contributed by atoms with Crippen molar-refractivity contribution in [2.45, 2.75) is 25.3 Å². The molecule has 2 rings (SSSR count). The summed E-state index contributed by atoms with van der Waals surface area (Å²) < 4.78 is 5.05. The van der Waals surface area contributed by atoms with Gasteiger partial charge in [0, 0.05) is 6.04 Å². The number of carbonyl (C=O) groups is 1. The number of hydrogen-bond donors (Lipinski definition) is 0. The Morgan fingerprint density at radius 1 is 1.64 bits per heavy atom. The third-order valence-electron chi connectivity index (χ3n) is 2.89. The van der Waals surface area contributed by atoms with Gasteiger partial charge in [0.1, 0.15) is 0 Å². The van der Waals surface area contributed by atoms with E-state index >= 15 is 0 Å². The van der Waals surface area contributed by atoms with Crippen molar-refractivity contribution in [3.8, 4) is 0 Å². The normalized spacial score (nSPS) is 17.0. The lowest BCUT2D eigenvalue weighted by Crippen LogP contribution is -2.40. The van der Waals surface area contributed by atoms with E-state index in [-0.39, 0.29) is 5.78 Å². The predicted molar refractivity (Wildman–Crippen MR) is 53.3 cm³/mol. The largest absolute Gasteiger partial charge is 0.461 e. The van der Waals surface area contributed by atoms with Gasteiger partial charge in [-0.1, -0.05) is 6.42 Å². The van der Waals surface area contributed by atoms with Crippen LogP contribution in [0.4, 0.5) is 0 Å². The Labute approximate surface area is 83.7 Å². The molecule has 0 aliphatic heterocycles. The summed E-state index contributed by atoms with van der Waals surface area (Å²) >= 11 is 0. The van der Waals surface area contributed by atoms with Crippen LogP contribution in [0.2, 0.25) is 0 Å². The summed E-state index contributed by atoms with van der Waals surface area (Å²) in [6.45, 7) is 0.470. The molecule has 76 valence electrons. The zero-order chi connectivity index (χ0) is 9.97. The number of carbonyl (C=O) groups excluding carboxylic acids is 1. The van der Waals surface area contributed by atoms with Crippen LogP contribution in [0, 0.1) is 0 Å². The van der Waals surface area contributed by atoms with E-state index in [9.17, 15) is 4.79 Å². The Balaban J connectivity index is 1.87. The smallest absolute Gasteiger partial charge is 0.211 e. The molecule has 1 aliphatic carbocycles. The number of furan rings is 1. The summed E-state index contributed by atoms with van der Waals surface area (Å²) in [5.41, 5.74) is 0. The fraction of sp³-hybridized carbons (Fsp3) is 0.545. The Hall–Kier alpha value is -1.09. The van der Waals surface area contributed by atoms with E-state index in [4.69, 9.17) is 4.42 Å². The van der Waals surface area contributed by atoms with Crippen molar-refractivity contribution in [3.63, 3.8) is 0 Å². The number of hydrogen-bond acceptors (Lipinski definition) is 3. The first-order chi connectivity index (χ1) is 6.77. The van der Waals surface area contributed by atoms with Crippen LogP contribution >= 0.6 is 0 Å². The Morgan fingerprint density at radius 3 is 2.93 bits per heavy atom. The van der Waals surface area contributed by atoms with Crippen LogP contribution < -0.4 is 0 Å². The Kier molecular flexibility index (Phi) is 2.68. The maximum absolute atomic E-state index is 11.6. The van der Waals surface area contributed by atoms with E-state index in [1.54, 1.807) is 12.1 Å². The number of Topliss-reactive ketones (excluding diaryl/α,β-unsaturated/α-hetero) is 1. The average molecular weight is 193 g/mol. The molecule has 1 aliphatic rings. The van der Waals surface area contributed by atoms with Crippen LogP contribution in [0.3, 0.4) is 0 Å². The van der Waals surface area contributed by atoms with E-state index in [1.807, 2.05) is 7.05 Å². The second-order valence-electron chi connectivity index (χ2n) is 3.90. The molecule has 3 heteroatoms. The van der Waals surface area contributed by atoms with Gasteiger partial charge in [0.05, 0.1) is 12.8 Å². The van der Waals surface area contributed by atoms with Gasteiger partial charge in [-0.3, -0.25) is 9.69 Å². The Bertz CT molecular complexity index is 301. The van der Waals surface area contributed by atoms with Crippen molar-refractivity contribution in [2.24, 2.45) is 0 Å². The van der Waals surface area contributed by atoms with Gasteiger partial charge >= 0.3 is 0 Å². The fourth-order valence-electron chi connectivity index (χ4n) is 1.70. The van der Waals surface area contributed by atoms with Crippen molar-refractivity contribution in [3.05, 3.63) is 24.2 Å². The third-order valence-corrected chi connectivity index (χ3v) is 2.89. The molecule has 0 amide bonds. The van der Waals surface area contributed by atoms with Gasteiger partial charge < -0.3 is 4.42 Å². The molecule has 0 unspecified atom stereocenters. The van der Waals surface area contributed by atoms with Gasteiger partial charge in [-0.25, -0.2) is 0 Å². The van der Waals surface area contributed by atoms with E-state index < -0.39 is 0 Å². The van der Waals surface area contributed by atoms with Crippen LogP contribution in [0.5, 0.6) is 0 Å². The molecule has 1 saturated carbocycles. The van der Waals surface area contributed by atoms with Gasteiger partial charge in [-0.2, -0.15) is 0 Å². The molecule has 0 bridgehead atoms. The molecule has 1 fully saturated rings. The number of ketones is 1. The minimum Gasteiger partial charge on any atom is -0.461 e. The second kappa shape index (κ2) is 3.96. The van der Waals surface area contributed by atoms with Crippen LogP contribution in [0.25, 0.3) is 0 Å². The van der Waals surface area contributed by atoms with Crippen molar-refractivity contribution in [1.29, 1.82) is 0 Å². The molecule has 0 aromatic carbocycles. The lowest BCUT2D eigenvalue weighted by Gasteiger charge is -2.33. The van der Waals surface area contributed by atoms with Crippen molar-refractivity contribution >= 4 is 5.78 Å². The standard InChI is InChI=1S/C11H15NO2/c1-12(9-4-2-5-9)8-10(13)11-6-3-7-14-11/h3,6-7,9H,2,4-5,8H2,1H3. The molecule has 14 heavy (non-hydrogen) atoms. The first kappa shape index (κ1) is 9.46. The Morgan fingerprint density at radius 2 is 2.43 bits per heavy atom. The van der Waals surface area contributed by atoms with Crippen molar-refractivity contribution in [1.82, 2.24) is 4.90 Å². The number of rotatable bonds is 4. The summed E-state index contributed by atoms with van der Waals surface area (Å²) in [6.07, 6.45) is 5.28. The molecule has 0 atom stereocenters. The molecule has 0 radical (unpaired) electrons. The van der Waals surface area contributed by atoms with E-state index in [0.29, 0.717) is 18.3 Å². The van der Waals surface area contributed by atoms with Crippen molar-refractivity contribution in [2.75, 3.05) is 13.6 Å². The van der Waals surface area contributed by atoms with Crippen LogP contribution in [0.1, 0.15) is 29.8 Å². The molecule has 1 aromatic heterocycles. The summed E-state index contributed by atoms with van der Waals surface area (Å²) in [4.78, 5) is 13.7. The lowest BCUT2D eigenvalue weighted by atomic mass is 9.92. The highest BCUT2D eigenvalue weighted by molar-refractivity contribution is 5.94.